The first-order chi connectivity index (χ1) is 13.3. The lowest BCUT2D eigenvalue weighted by Crippen LogP contribution is -2.15. The molecule has 7 heteroatoms. The topological polar surface area (TPSA) is 89.2 Å². The number of nitriles is 1. The van der Waals surface area contributed by atoms with Crippen LogP contribution in [0.15, 0.2) is 53.4 Å². The van der Waals surface area contributed by atoms with Crippen LogP contribution in [-0.2, 0) is 19.6 Å². The standard InChI is InChI=1S/C21H20N2O4S/c1-4-27-21(24)19(13-22)17-6-5-7-20-18(17)12-15(3)23(20)28(25,26)16-10-8-14(2)9-11-16/h5-12,19H,4H2,1-3H3. The van der Waals surface area contributed by atoms with E-state index in [1.54, 1.807) is 62.4 Å². The summed E-state index contributed by atoms with van der Waals surface area (Å²) in [6.07, 6.45) is 0. The van der Waals surface area contributed by atoms with Gasteiger partial charge < -0.3 is 4.74 Å². The molecule has 0 amide bonds. The molecular weight excluding hydrogens is 376 g/mol. The molecule has 0 fully saturated rings. The molecule has 144 valence electrons. The van der Waals surface area contributed by atoms with E-state index in [1.165, 1.54) is 3.97 Å². The quantitative estimate of drug-likeness (QED) is 0.614. The largest absolute Gasteiger partial charge is 0.465 e. The molecular formula is C21H20N2O4S. The smallest absolute Gasteiger partial charge is 0.327 e. The van der Waals surface area contributed by atoms with E-state index in [4.69, 9.17) is 4.74 Å². The minimum absolute atomic E-state index is 0.162. The van der Waals surface area contributed by atoms with E-state index in [9.17, 15) is 18.5 Å². The van der Waals surface area contributed by atoms with Crippen LogP contribution >= 0.6 is 0 Å². The molecule has 1 aromatic heterocycles. The molecule has 0 saturated heterocycles. The number of esters is 1. The van der Waals surface area contributed by atoms with Crippen LogP contribution in [0.3, 0.4) is 0 Å². The number of fused-ring (bicyclic) bond motifs is 1. The minimum Gasteiger partial charge on any atom is -0.465 e. The maximum absolute atomic E-state index is 13.2. The number of hydrogen-bond donors (Lipinski definition) is 0. The van der Waals surface area contributed by atoms with Crippen LogP contribution in [0.4, 0.5) is 0 Å². The maximum atomic E-state index is 13.2. The first kappa shape index (κ1) is 19.6. The highest BCUT2D eigenvalue weighted by atomic mass is 32.2. The maximum Gasteiger partial charge on any atom is 0.327 e. The van der Waals surface area contributed by atoms with Gasteiger partial charge >= 0.3 is 5.97 Å². The van der Waals surface area contributed by atoms with Gasteiger partial charge in [0.2, 0.25) is 0 Å². The molecule has 0 spiro atoms. The van der Waals surface area contributed by atoms with Crippen molar-refractivity contribution in [3.63, 3.8) is 0 Å². The van der Waals surface area contributed by atoms with Crippen molar-refractivity contribution in [2.45, 2.75) is 31.6 Å². The summed E-state index contributed by atoms with van der Waals surface area (Å²) in [5.41, 5.74) is 2.30. The van der Waals surface area contributed by atoms with Crippen LogP contribution in [-0.4, -0.2) is 25.0 Å². The third kappa shape index (κ3) is 3.27. The monoisotopic (exact) mass is 396 g/mol. The average Bonchev–Trinajstić information content (AvgIpc) is 3.00. The molecule has 3 aromatic rings. The Morgan fingerprint density at radius 3 is 2.46 bits per heavy atom. The Kier molecular flexibility index (Phi) is 5.25. The van der Waals surface area contributed by atoms with E-state index in [1.807, 2.05) is 13.0 Å². The van der Waals surface area contributed by atoms with Gasteiger partial charge in [0.25, 0.3) is 10.0 Å². The normalized spacial score (nSPS) is 12.5. The fourth-order valence-corrected chi connectivity index (χ4v) is 4.76. The van der Waals surface area contributed by atoms with Crippen LogP contribution in [0.5, 0.6) is 0 Å². The number of ether oxygens (including phenoxy) is 1. The van der Waals surface area contributed by atoms with Crippen molar-refractivity contribution in [1.29, 1.82) is 5.26 Å². The van der Waals surface area contributed by atoms with E-state index >= 15 is 0 Å². The number of aromatic nitrogens is 1. The molecule has 2 aromatic carbocycles. The lowest BCUT2D eigenvalue weighted by molar-refractivity contribution is -0.143. The second-order valence-corrected chi connectivity index (χ2v) is 8.25. The van der Waals surface area contributed by atoms with Gasteiger partial charge in [-0.05, 0) is 50.6 Å². The van der Waals surface area contributed by atoms with Crippen molar-refractivity contribution in [1.82, 2.24) is 3.97 Å². The van der Waals surface area contributed by atoms with Gasteiger partial charge in [-0.2, -0.15) is 5.26 Å². The van der Waals surface area contributed by atoms with Crippen molar-refractivity contribution in [3.05, 3.63) is 65.4 Å². The second-order valence-electron chi connectivity index (χ2n) is 6.46. The summed E-state index contributed by atoms with van der Waals surface area (Å²) in [6.45, 7) is 5.40. The number of carbonyl (C=O) groups excluding carboxylic acids is 1. The van der Waals surface area contributed by atoms with Gasteiger partial charge in [-0.15, -0.1) is 0 Å². The molecule has 0 radical (unpaired) electrons. The van der Waals surface area contributed by atoms with Gasteiger partial charge in [0.1, 0.15) is 0 Å². The van der Waals surface area contributed by atoms with E-state index in [2.05, 4.69) is 0 Å². The van der Waals surface area contributed by atoms with Crippen molar-refractivity contribution >= 4 is 26.9 Å². The van der Waals surface area contributed by atoms with Crippen LogP contribution in [0, 0.1) is 25.2 Å². The molecule has 0 N–H and O–H groups in total. The predicted molar refractivity (Wildman–Crippen MR) is 105 cm³/mol. The van der Waals surface area contributed by atoms with Gasteiger partial charge in [0.05, 0.1) is 23.1 Å². The predicted octanol–water partition coefficient (Wildman–Crippen LogP) is 3.67. The van der Waals surface area contributed by atoms with Gasteiger partial charge in [-0.1, -0.05) is 29.8 Å². The Balaban J connectivity index is 2.22. The third-order valence-electron chi connectivity index (χ3n) is 4.53. The summed E-state index contributed by atoms with van der Waals surface area (Å²) in [5, 5.41) is 10.0. The van der Waals surface area contributed by atoms with Crippen LogP contribution in [0.2, 0.25) is 0 Å². The van der Waals surface area contributed by atoms with Crippen molar-refractivity contribution in [3.8, 4) is 6.07 Å². The number of carbonyl (C=O) groups is 1. The first-order valence-electron chi connectivity index (χ1n) is 8.80. The number of rotatable bonds is 5. The van der Waals surface area contributed by atoms with E-state index in [-0.39, 0.29) is 11.5 Å². The minimum atomic E-state index is -3.83. The highest BCUT2D eigenvalue weighted by molar-refractivity contribution is 7.90. The van der Waals surface area contributed by atoms with E-state index in [0.717, 1.165) is 5.56 Å². The van der Waals surface area contributed by atoms with Gasteiger partial charge in [0, 0.05) is 11.1 Å². The van der Waals surface area contributed by atoms with Crippen LogP contribution < -0.4 is 0 Å². The summed E-state index contributed by atoms with van der Waals surface area (Å²) >= 11 is 0. The molecule has 0 aliphatic heterocycles. The Hall–Kier alpha value is -3.11. The van der Waals surface area contributed by atoms with Gasteiger partial charge in [0.15, 0.2) is 5.92 Å². The molecule has 3 rings (SSSR count). The first-order valence-corrected chi connectivity index (χ1v) is 10.2. The molecule has 1 atom stereocenters. The van der Waals surface area contributed by atoms with E-state index < -0.39 is 21.9 Å². The summed E-state index contributed by atoms with van der Waals surface area (Å²) < 4.78 is 32.7. The number of benzene rings is 2. The summed E-state index contributed by atoms with van der Waals surface area (Å²) in [6, 6.07) is 15.2. The zero-order valence-corrected chi connectivity index (χ0v) is 16.7. The highest BCUT2D eigenvalue weighted by Crippen LogP contribution is 2.31. The lowest BCUT2D eigenvalue weighted by atomic mass is 9.97. The van der Waals surface area contributed by atoms with Gasteiger partial charge in [-0.25, -0.2) is 12.4 Å². The second kappa shape index (κ2) is 7.49. The molecule has 6 nitrogen and oxygen atoms in total. The Labute approximate surface area is 164 Å². The molecule has 1 unspecified atom stereocenters. The zero-order valence-electron chi connectivity index (χ0n) is 15.8. The Bertz CT molecular complexity index is 1190. The molecule has 0 saturated carbocycles. The van der Waals surface area contributed by atoms with Crippen LogP contribution in [0.1, 0.15) is 29.7 Å². The Morgan fingerprint density at radius 1 is 1.18 bits per heavy atom. The van der Waals surface area contributed by atoms with Crippen LogP contribution in [0.25, 0.3) is 10.9 Å². The highest BCUT2D eigenvalue weighted by Gasteiger charge is 2.27. The molecule has 0 bridgehead atoms. The number of nitrogens with zero attached hydrogens (tertiary/aromatic N) is 2. The third-order valence-corrected chi connectivity index (χ3v) is 6.36. The van der Waals surface area contributed by atoms with Crippen molar-refractivity contribution in [2.75, 3.05) is 6.61 Å². The van der Waals surface area contributed by atoms with Crippen molar-refractivity contribution < 1.29 is 17.9 Å². The lowest BCUT2D eigenvalue weighted by Gasteiger charge is -2.12. The summed E-state index contributed by atoms with van der Waals surface area (Å²) in [5.74, 6) is -1.77. The summed E-state index contributed by atoms with van der Waals surface area (Å²) in [4.78, 5) is 12.4. The molecule has 0 aliphatic rings. The number of aryl methyl sites for hydroxylation is 2. The molecule has 28 heavy (non-hydrogen) atoms. The van der Waals surface area contributed by atoms with Gasteiger partial charge in [-0.3, -0.25) is 4.79 Å². The van der Waals surface area contributed by atoms with E-state index in [0.29, 0.717) is 22.2 Å². The molecule has 0 aliphatic carbocycles. The number of hydrogen-bond acceptors (Lipinski definition) is 5. The fourth-order valence-electron chi connectivity index (χ4n) is 3.22. The Morgan fingerprint density at radius 2 is 1.86 bits per heavy atom. The SMILES string of the molecule is CCOC(=O)C(C#N)c1cccc2c1cc(C)n2S(=O)(=O)c1ccc(C)cc1. The molecule has 1 heterocycles. The van der Waals surface area contributed by atoms with Crippen molar-refractivity contribution in [2.24, 2.45) is 0 Å². The zero-order chi connectivity index (χ0) is 20.5. The average molecular weight is 396 g/mol. The fraction of sp³-hybridized carbons (Fsp3) is 0.238. The summed E-state index contributed by atoms with van der Waals surface area (Å²) in [7, 11) is -3.83.